The number of piperidine rings is 1. The summed E-state index contributed by atoms with van der Waals surface area (Å²) in [6, 6.07) is 20.4. The third kappa shape index (κ3) is 3.93. The Hall–Kier alpha value is -3.02. The van der Waals surface area contributed by atoms with Crippen molar-refractivity contribution in [2.24, 2.45) is 7.05 Å². The maximum atomic E-state index is 12.9. The molecule has 0 bridgehead atoms. The molecule has 6 heteroatoms. The Labute approximate surface area is 206 Å². The molecule has 5 nitrogen and oxygen atoms in total. The first kappa shape index (κ1) is 22.8. The summed E-state index contributed by atoms with van der Waals surface area (Å²) in [6.07, 6.45) is 6.78. The number of hydrogen-bond acceptors (Lipinski definition) is 3. The molecule has 1 unspecified atom stereocenters. The van der Waals surface area contributed by atoms with E-state index in [1.807, 2.05) is 42.6 Å². The van der Waals surface area contributed by atoms with Crippen molar-refractivity contribution in [2.45, 2.75) is 38.3 Å². The van der Waals surface area contributed by atoms with Crippen molar-refractivity contribution in [1.29, 1.82) is 0 Å². The van der Waals surface area contributed by atoms with Crippen LogP contribution in [0.2, 0.25) is 0 Å². The lowest BCUT2D eigenvalue weighted by Gasteiger charge is -2.39. The van der Waals surface area contributed by atoms with Crippen LogP contribution in [0.4, 0.5) is 0 Å². The quantitative estimate of drug-likeness (QED) is 0.396. The highest BCUT2D eigenvalue weighted by Gasteiger charge is 2.33. The van der Waals surface area contributed by atoms with E-state index in [1.54, 1.807) is 10.6 Å². The van der Waals surface area contributed by atoms with Crippen molar-refractivity contribution in [3.05, 3.63) is 94.0 Å². The molecule has 176 valence electrons. The Kier molecular flexibility index (Phi) is 6.24. The second-order valence-corrected chi connectivity index (χ2v) is 9.26. The standard InChI is InChI=1S/C28H29N3O2.ClH/c1-29-24-13-15-30-14-6-5-9-25(30)28(24)23-11-10-21(17-26(23)29)31-16-12-22(18-27(31)32)33-19-20-7-3-2-4-8-20;/h2-4,7-8,10-12,16-18,25H,5-6,9,13-15,19H2,1H3;1H. The molecule has 0 saturated carbocycles. The van der Waals surface area contributed by atoms with Crippen LogP contribution in [-0.2, 0) is 20.1 Å². The summed E-state index contributed by atoms with van der Waals surface area (Å²) in [7, 11) is 2.17. The summed E-state index contributed by atoms with van der Waals surface area (Å²) >= 11 is 0. The number of rotatable bonds is 4. The fourth-order valence-corrected chi connectivity index (χ4v) is 5.67. The van der Waals surface area contributed by atoms with Crippen molar-refractivity contribution in [3.8, 4) is 11.4 Å². The Morgan fingerprint density at radius 3 is 2.68 bits per heavy atom. The third-order valence-corrected chi connectivity index (χ3v) is 7.35. The van der Waals surface area contributed by atoms with Crippen LogP contribution in [0.5, 0.6) is 5.75 Å². The van der Waals surface area contributed by atoms with Gasteiger partial charge in [0.25, 0.3) is 5.56 Å². The molecule has 2 aromatic carbocycles. The monoisotopic (exact) mass is 475 g/mol. The molecule has 4 heterocycles. The molecule has 4 aromatic rings. The maximum absolute atomic E-state index is 12.9. The van der Waals surface area contributed by atoms with Crippen molar-refractivity contribution >= 4 is 23.3 Å². The Balaban J connectivity index is 0.00000241. The van der Waals surface area contributed by atoms with Gasteiger partial charge in [-0.1, -0.05) is 42.8 Å². The van der Waals surface area contributed by atoms with Crippen LogP contribution in [0.25, 0.3) is 16.6 Å². The van der Waals surface area contributed by atoms with Crippen molar-refractivity contribution in [1.82, 2.24) is 14.0 Å². The van der Waals surface area contributed by atoms with Gasteiger partial charge in [0.15, 0.2) is 0 Å². The summed E-state index contributed by atoms with van der Waals surface area (Å²) in [5.74, 6) is 0.591. The molecule has 34 heavy (non-hydrogen) atoms. The number of fused-ring (bicyclic) bond motifs is 5. The second-order valence-electron chi connectivity index (χ2n) is 9.26. The van der Waals surface area contributed by atoms with Gasteiger partial charge >= 0.3 is 0 Å². The van der Waals surface area contributed by atoms with E-state index in [2.05, 4.69) is 34.7 Å². The number of benzene rings is 2. The first-order valence-electron chi connectivity index (χ1n) is 11.9. The molecule has 0 spiro atoms. The molecule has 0 radical (unpaired) electrons. The highest BCUT2D eigenvalue weighted by Crippen LogP contribution is 2.42. The number of aromatic nitrogens is 2. The van der Waals surface area contributed by atoms with Crippen LogP contribution >= 0.6 is 12.4 Å². The van der Waals surface area contributed by atoms with Gasteiger partial charge in [-0.2, -0.15) is 0 Å². The van der Waals surface area contributed by atoms with Crippen LogP contribution in [-0.4, -0.2) is 27.1 Å². The summed E-state index contributed by atoms with van der Waals surface area (Å²) in [6.45, 7) is 2.81. The molecule has 6 rings (SSSR count). The average molecular weight is 476 g/mol. The Morgan fingerprint density at radius 2 is 1.85 bits per heavy atom. The molecule has 2 aromatic heterocycles. The van der Waals surface area contributed by atoms with E-state index in [0.29, 0.717) is 18.4 Å². The van der Waals surface area contributed by atoms with Crippen molar-refractivity contribution < 1.29 is 4.74 Å². The van der Waals surface area contributed by atoms with Gasteiger partial charge in [-0.3, -0.25) is 14.3 Å². The van der Waals surface area contributed by atoms with Crippen LogP contribution < -0.4 is 10.3 Å². The maximum Gasteiger partial charge on any atom is 0.258 e. The lowest BCUT2D eigenvalue weighted by atomic mass is 9.89. The summed E-state index contributed by atoms with van der Waals surface area (Å²) in [4.78, 5) is 15.6. The molecule has 2 aliphatic heterocycles. The SMILES string of the molecule is Cl.Cn1c2c(c3ccc(-n4ccc(OCc5ccccc5)cc4=O)cc31)C1CCCCN1CC2. The molecule has 1 atom stereocenters. The lowest BCUT2D eigenvalue weighted by molar-refractivity contribution is 0.138. The molecule has 1 fully saturated rings. The number of aryl methyl sites for hydroxylation is 1. The van der Waals surface area contributed by atoms with Gasteiger partial charge < -0.3 is 9.30 Å². The zero-order valence-corrected chi connectivity index (χ0v) is 20.3. The average Bonchev–Trinajstić information content (AvgIpc) is 3.15. The van der Waals surface area contributed by atoms with Crippen LogP contribution in [0, 0.1) is 0 Å². The molecule has 0 amide bonds. The van der Waals surface area contributed by atoms with Crippen LogP contribution in [0.1, 0.15) is 42.1 Å². The van der Waals surface area contributed by atoms with E-state index in [4.69, 9.17) is 4.74 Å². The van der Waals surface area contributed by atoms with Crippen molar-refractivity contribution in [2.75, 3.05) is 13.1 Å². The summed E-state index contributed by atoms with van der Waals surface area (Å²) < 4.78 is 9.89. The smallest absolute Gasteiger partial charge is 0.258 e. The van der Waals surface area contributed by atoms with E-state index in [9.17, 15) is 4.79 Å². The Morgan fingerprint density at radius 1 is 1.00 bits per heavy atom. The zero-order valence-electron chi connectivity index (χ0n) is 19.4. The van der Waals surface area contributed by atoms with Gasteiger partial charge in [-0.05, 0) is 48.7 Å². The number of pyridine rings is 1. The van der Waals surface area contributed by atoms with Crippen LogP contribution in [0.15, 0.2) is 71.7 Å². The summed E-state index contributed by atoms with van der Waals surface area (Å²) in [5, 5.41) is 1.34. The molecule has 1 saturated heterocycles. The van der Waals surface area contributed by atoms with Crippen LogP contribution in [0.3, 0.4) is 0 Å². The topological polar surface area (TPSA) is 39.4 Å². The summed E-state index contributed by atoms with van der Waals surface area (Å²) in [5.41, 5.74) is 6.07. The highest BCUT2D eigenvalue weighted by molar-refractivity contribution is 5.88. The fraction of sp³-hybridized carbons (Fsp3) is 0.321. The molecular formula is C28H30ClN3O2. The van der Waals surface area contributed by atoms with E-state index >= 15 is 0 Å². The van der Waals surface area contributed by atoms with Crippen molar-refractivity contribution in [3.63, 3.8) is 0 Å². The lowest BCUT2D eigenvalue weighted by Crippen LogP contribution is -2.38. The van der Waals surface area contributed by atoms with Gasteiger partial charge in [0.1, 0.15) is 12.4 Å². The molecular weight excluding hydrogens is 446 g/mol. The number of halogens is 1. The minimum atomic E-state index is -0.0858. The largest absolute Gasteiger partial charge is 0.489 e. The predicted molar refractivity (Wildman–Crippen MR) is 138 cm³/mol. The zero-order chi connectivity index (χ0) is 22.4. The first-order valence-corrected chi connectivity index (χ1v) is 11.9. The fourth-order valence-electron chi connectivity index (χ4n) is 5.67. The third-order valence-electron chi connectivity index (χ3n) is 7.35. The second kappa shape index (κ2) is 9.32. The van der Waals surface area contributed by atoms with Gasteiger partial charge in [0, 0.05) is 49.4 Å². The normalized spacial score (nSPS) is 17.6. The minimum absolute atomic E-state index is 0. The minimum Gasteiger partial charge on any atom is -0.489 e. The van der Waals surface area contributed by atoms with Gasteiger partial charge in [0.2, 0.25) is 0 Å². The van der Waals surface area contributed by atoms with E-state index in [-0.39, 0.29) is 18.0 Å². The van der Waals surface area contributed by atoms with E-state index in [1.165, 1.54) is 48.0 Å². The Bertz CT molecular complexity index is 1380. The number of hydrogen-bond donors (Lipinski definition) is 0. The molecule has 0 N–H and O–H groups in total. The number of ether oxygens (including phenoxy) is 1. The van der Waals surface area contributed by atoms with E-state index in [0.717, 1.165) is 24.2 Å². The first-order chi connectivity index (χ1) is 16.2. The molecule has 2 aliphatic rings. The number of nitrogens with zero attached hydrogens (tertiary/aromatic N) is 3. The van der Waals surface area contributed by atoms with Gasteiger partial charge in [-0.15, -0.1) is 12.4 Å². The highest BCUT2D eigenvalue weighted by atomic mass is 35.5. The molecule has 0 aliphatic carbocycles. The van der Waals surface area contributed by atoms with Gasteiger partial charge in [0.05, 0.1) is 11.2 Å². The predicted octanol–water partition coefficient (Wildman–Crippen LogP) is 5.41. The van der Waals surface area contributed by atoms with Gasteiger partial charge in [-0.25, -0.2) is 0 Å². The van der Waals surface area contributed by atoms with E-state index < -0.39 is 0 Å².